The first-order valence-electron chi connectivity index (χ1n) is 7.02. The Hall–Kier alpha value is -2.52. The minimum atomic E-state index is -3.52. The van der Waals surface area contributed by atoms with Crippen LogP contribution in [0, 0.1) is 0 Å². The first kappa shape index (κ1) is 16.3. The van der Waals surface area contributed by atoms with Crippen LogP contribution in [-0.4, -0.2) is 30.3 Å². The predicted octanol–water partition coefficient (Wildman–Crippen LogP) is 2.84. The normalized spacial score (nSPS) is 11.4. The fraction of sp³-hybridized carbons (Fsp3) is 0.133. The fourth-order valence-electron chi connectivity index (χ4n) is 2.02. The summed E-state index contributed by atoms with van der Waals surface area (Å²) in [4.78, 5) is 13.1. The minimum Gasteiger partial charge on any atom is -0.402 e. The van der Waals surface area contributed by atoms with Gasteiger partial charge >= 0.3 is 6.01 Å². The number of nitrogens with zero attached hydrogens (tertiary/aromatic N) is 2. The van der Waals surface area contributed by atoms with E-state index < -0.39 is 15.7 Å². The molecule has 9 heteroatoms. The number of hydrogen-bond acceptors (Lipinski definition) is 7. The Kier molecular flexibility index (Phi) is 4.45. The van der Waals surface area contributed by atoms with Gasteiger partial charge in [-0.2, -0.15) is 0 Å². The van der Waals surface area contributed by atoms with Crippen LogP contribution in [-0.2, 0) is 9.84 Å². The summed E-state index contributed by atoms with van der Waals surface area (Å²) in [5.41, 5.74) is 0.0372. The molecular weight excluding hydrogens is 350 g/mol. The van der Waals surface area contributed by atoms with Crippen molar-refractivity contribution < 1.29 is 17.6 Å². The molecule has 0 bridgehead atoms. The molecule has 0 fully saturated rings. The highest BCUT2D eigenvalue weighted by molar-refractivity contribution is 7.91. The molecule has 1 N–H and O–H groups in total. The molecule has 0 saturated heterocycles. The first-order valence-corrected chi connectivity index (χ1v) is 9.55. The van der Waals surface area contributed by atoms with E-state index in [-0.39, 0.29) is 28.1 Å². The Morgan fingerprint density at radius 2 is 2.00 bits per heavy atom. The van der Waals surface area contributed by atoms with Gasteiger partial charge in [-0.3, -0.25) is 10.1 Å². The van der Waals surface area contributed by atoms with Crippen molar-refractivity contribution in [3.63, 3.8) is 0 Å². The molecule has 24 heavy (non-hydrogen) atoms. The maximum Gasteiger partial charge on any atom is 0.322 e. The summed E-state index contributed by atoms with van der Waals surface area (Å²) in [5, 5.41) is 11.9. The maximum absolute atomic E-state index is 12.4. The van der Waals surface area contributed by atoms with Crippen LogP contribution in [0.15, 0.2) is 51.1 Å². The van der Waals surface area contributed by atoms with Gasteiger partial charge in [0.2, 0.25) is 0 Å². The number of benzene rings is 1. The molecule has 0 spiro atoms. The molecule has 2 aromatic heterocycles. The molecule has 2 heterocycles. The number of anilines is 1. The molecule has 0 aliphatic carbocycles. The van der Waals surface area contributed by atoms with E-state index in [9.17, 15) is 13.2 Å². The van der Waals surface area contributed by atoms with Crippen LogP contribution in [0.3, 0.4) is 0 Å². The van der Waals surface area contributed by atoms with Crippen LogP contribution in [0.2, 0.25) is 0 Å². The van der Waals surface area contributed by atoms with Crippen LogP contribution in [0.4, 0.5) is 6.01 Å². The maximum atomic E-state index is 12.4. The lowest BCUT2D eigenvalue weighted by Crippen LogP contribution is -2.17. The van der Waals surface area contributed by atoms with E-state index in [0.29, 0.717) is 0 Å². The number of hydrogen-bond donors (Lipinski definition) is 1. The Balaban J connectivity index is 1.86. The third-order valence-corrected chi connectivity index (χ3v) is 5.87. The average Bonchev–Trinajstić information content (AvgIpc) is 3.26. The average molecular weight is 363 g/mol. The van der Waals surface area contributed by atoms with Crippen molar-refractivity contribution in [1.82, 2.24) is 10.2 Å². The van der Waals surface area contributed by atoms with Crippen molar-refractivity contribution in [2.45, 2.75) is 11.8 Å². The third-order valence-electron chi connectivity index (χ3n) is 3.22. The molecule has 0 atom stereocenters. The second kappa shape index (κ2) is 6.54. The zero-order valence-electron chi connectivity index (χ0n) is 12.6. The molecule has 0 saturated carbocycles. The molecule has 0 radical (unpaired) electrons. The highest BCUT2D eigenvalue weighted by Gasteiger charge is 2.22. The molecule has 1 amide bonds. The molecule has 3 aromatic rings. The number of sulfone groups is 1. The summed E-state index contributed by atoms with van der Waals surface area (Å²) in [7, 11) is -3.52. The molecule has 0 unspecified atom stereocenters. The van der Waals surface area contributed by atoms with Gasteiger partial charge in [-0.05, 0) is 23.6 Å². The van der Waals surface area contributed by atoms with Gasteiger partial charge in [-0.25, -0.2) is 8.42 Å². The number of carbonyl (C=O) groups excluding carboxylic acids is 1. The Morgan fingerprint density at radius 3 is 2.71 bits per heavy atom. The third kappa shape index (κ3) is 3.22. The quantitative estimate of drug-likeness (QED) is 0.748. The molecule has 7 nitrogen and oxygen atoms in total. The molecule has 124 valence electrons. The number of carbonyl (C=O) groups is 1. The highest BCUT2D eigenvalue weighted by atomic mass is 32.2. The van der Waals surface area contributed by atoms with Crippen LogP contribution >= 0.6 is 11.3 Å². The SMILES string of the molecule is CCS(=O)(=O)c1ccccc1C(=O)Nc1nnc(-c2cccs2)o1. The topological polar surface area (TPSA) is 102 Å². The standard InChI is InChI=1S/C15H13N3O4S2/c1-2-24(20,21)12-8-4-3-6-10(12)13(19)16-15-18-17-14(22-15)11-7-5-9-23-11/h3-9H,2H2,1H3,(H,16,18,19). The van der Waals surface area contributed by atoms with Gasteiger partial charge < -0.3 is 4.42 Å². The van der Waals surface area contributed by atoms with E-state index >= 15 is 0 Å². The summed E-state index contributed by atoms with van der Waals surface area (Å²) in [5.74, 6) is -0.431. The van der Waals surface area contributed by atoms with Crippen molar-refractivity contribution in [3.05, 3.63) is 47.3 Å². The van der Waals surface area contributed by atoms with Gasteiger partial charge in [0.05, 0.1) is 21.1 Å². The monoisotopic (exact) mass is 363 g/mol. The second-order valence-electron chi connectivity index (χ2n) is 4.74. The first-order chi connectivity index (χ1) is 11.5. The van der Waals surface area contributed by atoms with Gasteiger partial charge in [0.15, 0.2) is 9.84 Å². The van der Waals surface area contributed by atoms with Crippen molar-refractivity contribution in [2.75, 3.05) is 11.1 Å². The number of rotatable bonds is 5. The Bertz CT molecular complexity index is 962. The molecule has 3 rings (SSSR count). The van der Waals surface area contributed by atoms with Crippen molar-refractivity contribution in [2.24, 2.45) is 0 Å². The fourth-order valence-corrected chi connectivity index (χ4v) is 3.76. The van der Waals surface area contributed by atoms with Gasteiger partial charge in [0.25, 0.3) is 11.8 Å². The Morgan fingerprint density at radius 1 is 1.21 bits per heavy atom. The van der Waals surface area contributed by atoms with E-state index in [1.807, 2.05) is 17.5 Å². The second-order valence-corrected chi connectivity index (χ2v) is 7.94. The van der Waals surface area contributed by atoms with E-state index in [0.717, 1.165) is 4.88 Å². The lowest BCUT2D eigenvalue weighted by atomic mass is 10.2. The van der Waals surface area contributed by atoms with E-state index in [4.69, 9.17) is 4.42 Å². The lowest BCUT2D eigenvalue weighted by molar-refractivity contribution is 0.102. The highest BCUT2D eigenvalue weighted by Crippen LogP contribution is 2.25. The van der Waals surface area contributed by atoms with Gasteiger partial charge in [0, 0.05) is 0 Å². The zero-order chi connectivity index (χ0) is 17.2. The zero-order valence-corrected chi connectivity index (χ0v) is 14.2. The number of aromatic nitrogens is 2. The largest absolute Gasteiger partial charge is 0.402 e. The van der Waals surface area contributed by atoms with Gasteiger partial charge in [-0.1, -0.05) is 30.2 Å². The lowest BCUT2D eigenvalue weighted by Gasteiger charge is -2.07. The predicted molar refractivity (Wildman–Crippen MR) is 89.7 cm³/mol. The van der Waals surface area contributed by atoms with Crippen molar-refractivity contribution in [1.29, 1.82) is 0 Å². The molecule has 1 aromatic carbocycles. The smallest absolute Gasteiger partial charge is 0.322 e. The van der Waals surface area contributed by atoms with E-state index in [2.05, 4.69) is 15.5 Å². The summed E-state index contributed by atoms with van der Waals surface area (Å²) in [6.07, 6.45) is 0. The molecule has 0 aliphatic heterocycles. The van der Waals surface area contributed by atoms with E-state index in [1.165, 1.54) is 30.4 Å². The van der Waals surface area contributed by atoms with Crippen LogP contribution < -0.4 is 5.32 Å². The molecular formula is C15H13N3O4S2. The van der Waals surface area contributed by atoms with Crippen molar-refractivity contribution in [3.8, 4) is 10.8 Å². The summed E-state index contributed by atoms with van der Waals surface area (Å²) in [6.45, 7) is 1.52. The van der Waals surface area contributed by atoms with E-state index in [1.54, 1.807) is 12.1 Å². The summed E-state index contributed by atoms with van der Waals surface area (Å²) < 4.78 is 29.6. The van der Waals surface area contributed by atoms with Crippen LogP contribution in [0.1, 0.15) is 17.3 Å². The number of nitrogens with one attached hydrogen (secondary N) is 1. The number of thiophene rings is 1. The summed E-state index contributed by atoms with van der Waals surface area (Å²) >= 11 is 1.43. The Labute approximate surface area is 142 Å². The van der Waals surface area contributed by atoms with Crippen LogP contribution in [0.5, 0.6) is 0 Å². The van der Waals surface area contributed by atoms with Gasteiger partial charge in [0.1, 0.15) is 0 Å². The van der Waals surface area contributed by atoms with Crippen molar-refractivity contribution >= 4 is 33.1 Å². The minimum absolute atomic E-state index is 0.0250. The number of amides is 1. The van der Waals surface area contributed by atoms with Crippen LogP contribution in [0.25, 0.3) is 10.8 Å². The molecule has 0 aliphatic rings. The summed E-state index contributed by atoms with van der Waals surface area (Å²) in [6, 6.07) is 9.57. The van der Waals surface area contributed by atoms with Gasteiger partial charge in [-0.15, -0.1) is 16.4 Å².